The van der Waals surface area contributed by atoms with Crippen molar-refractivity contribution >= 4 is 17.3 Å². The van der Waals surface area contributed by atoms with Crippen molar-refractivity contribution in [3.8, 4) is 11.5 Å². The maximum Gasteiger partial charge on any atom is 0.259 e. The number of hydrogen-bond acceptors (Lipinski definition) is 5. The van der Waals surface area contributed by atoms with E-state index < -0.39 is 0 Å². The van der Waals surface area contributed by atoms with Crippen LogP contribution in [0.1, 0.15) is 19.4 Å². The van der Waals surface area contributed by atoms with Gasteiger partial charge >= 0.3 is 0 Å². The Hall–Kier alpha value is -3.02. The highest BCUT2D eigenvalue weighted by Crippen LogP contribution is 2.16. The fourth-order valence-electron chi connectivity index (χ4n) is 2.04. The summed E-state index contributed by atoms with van der Waals surface area (Å²) in [6, 6.07) is 14.2. The maximum atomic E-state index is 11.8. The van der Waals surface area contributed by atoms with Crippen LogP contribution < -0.4 is 15.5 Å². The molecular formula is C18H21N3O3. The summed E-state index contributed by atoms with van der Waals surface area (Å²) in [7, 11) is 0. The van der Waals surface area contributed by atoms with Crippen molar-refractivity contribution in [1.82, 2.24) is 5.43 Å². The van der Waals surface area contributed by atoms with Crippen molar-refractivity contribution in [2.45, 2.75) is 13.8 Å². The number of amides is 1. The second-order valence-electron chi connectivity index (χ2n) is 5.06. The van der Waals surface area contributed by atoms with E-state index in [1.807, 2.05) is 31.2 Å². The number of benzene rings is 2. The van der Waals surface area contributed by atoms with E-state index in [1.165, 1.54) is 0 Å². The van der Waals surface area contributed by atoms with Gasteiger partial charge in [0, 0.05) is 11.3 Å². The molecule has 0 bridgehead atoms. The van der Waals surface area contributed by atoms with Gasteiger partial charge < -0.3 is 15.2 Å². The number of nitrogens with zero attached hydrogens (tertiary/aromatic N) is 1. The summed E-state index contributed by atoms with van der Waals surface area (Å²) in [4.78, 5) is 11.8. The molecule has 6 nitrogen and oxygen atoms in total. The number of ether oxygens (including phenoxy) is 1. The molecule has 6 heteroatoms. The molecule has 0 saturated heterocycles. The first-order valence-electron chi connectivity index (χ1n) is 7.68. The van der Waals surface area contributed by atoms with Gasteiger partial charge in [-0.05, 0) is 50.2 Å². The van der Waals surface area contributed by atoms with E-state index in [0.29, 0.717) is 17.9 Å². The summed E-state index contributed by atoms with van der Waals surface area (Å²) in [6.07, 6.45) is 0. The van der Waals surface area contributed by atoms with Crippen LogP contribution in [0.4, 0.5) is 5.69 Å². The average Bonchev–Trinajstić information content (AvgIpc) is 2.60. The normalized spacial score (nSPS) is 11.0. The predicted octanol–water partition coefficient (Wildman–Crippen LogP) is 2.74. The lowest BCUT2D eigenvalue weighted by molar-refractivity contribution is -0.119. The van der Waals surface area contributed by atoms with Crippen molar-refractivity contribution in [3.63, 3.8) is 0 Å². The molecule has 0 radical (unpaired) electrons. The first-order valence-corrected chi connectivity index (χ1v) is 7.68. The third-order valence-electron chi connectivity index (χ3n) is 3.26. The topological polar surface area (TPSA) is 83.0 Å². The average molecular weight is 327 g/mol. The molecule has 0 atom stereocenters. The van der Waals surface area contributed by atoms with Crippen molar-refractivity contribution < 1.29 is 14.6 Å². The van der Waals surface area contributed by atoms with Gasteiger partial charge in [0.15, 0.2) is 0 Å². The molecule has 0 spiro atoms. The van der Waals surface area contributed by atoms with Gasteiger partial charge in [-0.3, -0.25) is 4.79 Å². The number of carbonyl (C=O) groups excluding carboxylic acids is 1. The molecule has 0 aromatic heterocycles. The Labute approximate surface area is 141 Å². The van der Waals surface area contributed by atoms with E-state index in [-0.39, 0.29) is 18.2 Å². The lowest BCUT2D eigenvalue weighted by Crippen LogP contribution is -2.26. The Morgan fingerprint density at radius 1 is 1.17 bits per heavy atom. The minimum Gasteiger partial charge on any atom is -0.507 e. The minimum atomic E-state index is -0.279. The van der Waals surface area contributed by atoms with E-state index in [2.05, 4.69) is 15.8 Å². The smallest absolute Gasteiger partial charge is 0.259 e. The highest BCUT2D eigenvalue weighted by molar-refractivity contribution is 6.01. The summed E-state index contributed by atoms with van der Waals surface area (Å²) >= 11 is 0. The van der Waals surface area contributed by atoms with Gasteiger partial charge in [-0.2, -0.15) is 5.10 Å². The summed E-state index contributed by atoms with van der Waals surface area (Å²) in [6.45, 7) is 4.35. The number of phenols is 1. The molecule has 0 aliphatic carbocycles. The van der Waals surface area contributed by atoms with Gasteiger partial charge in [0.2, 0.25) is 0 Å². The van der Waals surface area contributed by atoms with Crippen LogP contribution >= 0.6 is 0 Å². The molecule has 2 aromatic carbocycles. The zero-order valence-electron chi connectivity index (χ0n) is 13.7. The molecule has 126 valence electrons. The minimum absolute atomic E-state index is 0.0888. The molecule has 2 aromatic rings. The third-order valence-corrected chi connectivity index (χ3v) is 3.26. The van der Waals surface area contributed by atoms with Crippen molar-refractivity contribution in [1.29, 1.82) is 0 Å². The van der Waals surface area contributed by atoms with Crippen LogP contribution in [0.5, 0.6) is 11.5 Å². The number of para-hydroxylation sites is 1. The van der Waals surface area contributed by atoms with E-state index in [9.17, 15) is 9.90 Å². The second-order valence-corrected chi connectivity index (χ2v) is 5.06. The number of nitrogens with one attached hydrogen (secondary N) is 2. The molecule has 1 amide bonds. The van der Waals surface area contributed by atoms with Crippen molar-refractivity contribution in [3.05, 3.63) is 54.1 Å². The molecular weight excluding hydrogens is 306 g/mol. The van der Waals surface area contributed by atoms with Gasteiger partial charge in [0.25, 0.3) is 5.91 Å². The Kier molecular flexibility index (Phi) is 6.19. The predicted molar refractivity (Wildman–Crippen MR) is 94.6 cm³/mol. The van der Waals surface area contributed by atoms with Gasteiger partial charge in [-0.1, -0.05) is 12.1 Å². The number of hydrogen-bond donors (Lipinski definition) is 3. The Morgan fingerprint density at radius 3 is 2.54 bits per heavy atom. The number of hydrazone groups is 1. The first-order chi connectivity index (χ1) is 11.6. The van der Waals surface area contributed by atoms with Gasteiger partial charge in [-0.15, -0.1) is 0 Å². The van der Waals surface area contributed by atoms with Crippen LogP contribution in [0.25, 0.3) is 0 Å². The number of rotatable bonds is 7. The molecule has 0 heterocycles. The quantitative estimate of drug-likeness (QED) is 0.539. The largest absolute Gasteiger partial charge is 0.507 e. The van der Waals surface area contributed by atoms with E-state index in [0.717, 1.165) is 11.4 Å². The SMILES string of the molecule is CCOc1ccc(NCC(=O)N/N=C(\C)c2ccccc2O)cc1. The lowest BCUT2D eigenvalue weighted by Gasteiger charge is -2.08. The van der Waals surface area contributed by atoms with Gasteiger partial charge in [-0.25, -0.2) is 5.43 Å². The van der Waals surface area contributed by atoms with Crippen LogP contribution in [-0.2, 0) is 4.79 Å². The molecule has 3 N–H and O–H groups in total. The third kappa shape index (κ3) is 5.01. The van der Waals surface area contributed by atoms with Crippen LogP contribution in [0.15, 0.2) is 53.6 Å². The van der Waals surface area contributed by atoms with Gasteiger partial charge in [0.05, 0.1) is 18.9 Å². The Morgan fingerprint density at radius 2 is 1.88 bits per heavy atom. The molecule has 0 unspecified atom stereocenters. The van der Waals surface area contributed by atoms with E-state index in [1.54, 1.807) is 31.2 Å². The van der Waals surface area contributed by atoms with Crippen LogP contribution in [-0.4, -0.2) is 29.9 Å². The highest BCUT2D eigenvalue weighted by Gasteiger charge is 2.05. The highest BCUT2D eigenvalue weighted by atomic mass is 16.5. The zero-order chi connectivity index (χ0) is 17.4. The first kappa shape index (κ1) is 17.3. The molecule has 0 saturated carbocycles. The monoisotopic (exact) mass is 327 g/mol. The number of anilines is 1. The summed E-state index contributed by atoms with van der Waals surface area (Å²) in [5, 5.41) is 16.7. The van der Waals surface area contributed by atoms with Crippen LogP contribution in [0, 0.1) is 0 Å². The summed E-state index contributed by atoms with van der Waals surface area (Å²) in [5.74, 6) is 0.634. The standard InChI is InChI=1S/C18H21N3O3/c1-3-24-15-10-8-14(9-11-15)19-12-18(23)21-20-13(2)16-6-4-5-7-17(16)22/h4-11,19,22H,3,12H2,1-2H3,(H,21,23)/b20-13+. The molecule has 0 aliphatic heterocycles. The lowest BCUT2D eigenvalue weighted by atomic mass is 10.1. The molecule has 24 heavy (non-hydrogen) atoms. The number of phenolic OH excluding ortho intramolecular Hbond substituents is 1. The van der Waals surface area contributed by atoms with E-state index in [4.69, 9.17) is 4.74 Å². The van der Waals surface area contributed by atoms with Crippen LogP contribution in [0.2, 0.25) is 0 Å². The summed E-state index contributed by atoms with van der Waals surface area (Å²) in [5.41, 5.74) is 4.39. The fraction of sp³-hybridized carbons (Fsp3) is 0.222. The fourth-order valence-corrected chi connectivity index (χ4v) is 2.04. The zero-order valence-corrected chi connectivity index (χ0v) is 13.7. The number of carbonyl (C=O) groups is 1. The second kappa shape index (κ2) is 8.57. The Bertz CT molecular complexity index is 712. The summed E-state index contributed by atoms with van der Waals surface area (Å²) < 4.78 is 5.36. The maximum absolute atomic E-state index is 11.8. The van der Waals surface area contributed by atoms with E-state index >= 15 is 0 Å². The molecule has 0 fully saturated rings. The molecule has 2 rings (SSSR count). The van der Waals surface area contributed by atoms with Crippen molar-refractivity contribution in [2.24, 2.45) is 5.10 Å². The van der Waals surface area contributed by atoms with Gasteiger partial charge in [0.1, 0.15) is 11.5 Å². The van der Waals surface area contributed by atoms with Crippen molar-refractivity contribution in [2.75, 3.05) is 18.5 Å². The van der Waals surface area contributed by atoms with Crippen LogP contribution in [0.3, 0.4) is 0 Å². The Balaban J connectivity index is 1.85. The molecule has 0 aliphatic rings. The number of aromatic hydroxyl groups is 1.